The topological polar surface area (TPSA) is 107 Å². The van der Waals surface area contributed by atoms with Crippen molar-refractivity contribution in [1.29, 1.82) is 0 Å². The predicted octanol–water partition coefficient (Wildman–Crippen LogP) is 4.23. The summed E-state index contributed by atoms with van der Waals surface area (Å²) in [5.41, 5.74) is 5.05. The normalized spacial score (nSPS) is 22.8. The molecule has 176 valence electrons. The SMILES string of the molecule is Nc1cc(OC(F)(F)F)ccc1NC(=O)[C@H]1CC[C@]2(CC1)CN(c1cccnc1F)C(=O)O2. The minimum absolute atomic E-state index is 0.0349. The Morgan fingerprint density at radius 1 is 1.27 bits per heavy atom. The largest absolute Gasteiger partial charge is 0.573 e. The van der Waals surface area contributed by atoms with Crippen LogP contribution in [0.25, 0.3) is 0 Å². The molecular weight excluding hydrogens is 448 g/mol. The van der Waals surface area contributed by atoms with Gasteiger partial charge in [0.2, 0.25) is 11.9 Å². The standard InChI is InChI=1S/C21H20F4N4O4/c22-17-16(2-1-9-27-17)29-11-20(33-19(29)31)7-5-12(6-8-20)18(30)28-15-4-3-13(10-14(15)26)32-21(23,24)25/h1-4,9-10,12H,5-8,11,26H2,(H,28,30)/t12-,20-. The van der Waals surface area contributed by atoms with E-state index in [1.54, 1.807) is 0 Å². The number of nitrogens with zero attached hydrogens (tertiary/aromatic N) is 2. The zero-order valence-corrected chi connectivity index (χ0v) is 17.2. The first-order valence-corrected chi connectivity index (χ1v) is 10.1. The average Bonchev–Trinajstić information content (AvgIpc) is 3.05. The van der Waals surface area contributed by atoms with E-state index in [0.29, 0.717) is 25.7 Å². The molecule has 2 aliphatic rings. The second-order valence-corrected chi connectivity index (χ2v) is 8.01. The molecule has 0 radical (unpaired) electrons. The van der Waals surface area contributed by atoms with Gasteiger partial charge in [-0.25, -0.2) is 9.78 Å². The highest BCUT2D eigenvalue weighted by molar-refractivity contribution is 5.95. The number of nitrogens with two attached hydrogens (primary N) is 1. The summed E-state index contributed by atoms with van der Waals surface area (Å²) in [6, 6.07) is 6.22. The number of nitrogen functional groups attached to an aromatic ring is 1. The van der Waals surface area contributed by atoms with Gasteiger partial charge in [0.15, 0.2) is 0 Å². The molecule has 4 rings (SSSR count). The third-order valence-electron chi connectivity index (χ3n) is 5.78. The smallest absolute Gasteiger partial charge is 0.441 e. The quantitative estimate of drug-likeness (QED) is 0.395. The van der Waals surface area contributed by atoms with Crippen LogP contribution < -0.4 is 20.7 Å². The number of hydrogen-bond acceptors (Lipinski definition) is 6. The van der Waals surface area contributed by atoms with Gasteiger partial charge < -0.3 is 20.5 Å². The molecule has 2 aromatic rings. The number of ether oxygens (including phenoxy) is 2. The van der Waals surface area contributed by atoms with Crippen LogP contribution in [0, 0.1) is 11.9 Å². The molecule has 33 heavy (non-hydrogen) atoms. The van der Waals surface area contributed by atoms with Gasteiger partial charge in [-0.05, 0) is 49.9 Å². The molecule has 2 heterocycles. The van der Waals surface area contributed by atoms with Crippen molar-refractivity contribution in [2.75, 3.05) is 22.5 Å². The molecule has 1 aromatic heterocycles. The first-order valence-electron chi connectivity index (χ1n) is 10.1. The van der Waals surface area contributed by atoms with E-state index < -0.39 is 35.7 Å². The lowest BCUT2D eigenvalue weighted by Gasteiger charge is -2.34. The monoisotopic (exact) mass is 468 g/mol. The fourth-order valence-corrected chi connectivity index (χ4v) is 4.14. The van der Waals surface area contributed by atoms with Gasteiger partial charge in [-0.15, -0.1) is 13.2 Å². The van der Waals surface area contributed by atoms with E-state index in [-0.39, 0.29) is 29.5 Å². The van der Waals surface area contributed by atoms with Crippen molar-refractivity contribution in [3.8, 4) is 5.75 Å². The van der Waals surface area contributed by atoms with Crippen LogP contribution in [0.15, 0.2) is 36.5 Å². The Morgan fingerprint density at radius 3 is 2.64 bits per heavy atom. The Kier molecular flexibility index (Phi) is 5.76. The second kappa shape index (κ2) is 8.41. The van der Waals surface area contributed by atoms with E-state index in [9.17, 15) is 27.2 Å². The number of alkyl halides is 3. The molecule has 1 aliphatic carbocycles. The summed E-state index contributed by atoms with van der Waals surface area (Å²) < 4.78 is 60.3. The maximum Gasteiger partial charge on any atom is 0.573 e. The van der Waals surface area contributed by atoms with Gasteiger partial charge in [0, 0.05) is 18.2 Å². The van der Waals surface area contributed by atoms with Gasteiger partial charge in [-0.1, -0.05) is 0 Å². The second-order valence-electron chi connectivity index (χ2n) is 8.01. The number of carbonyl (C=O) groups excluding carboxylic acids is 2. The van der Waals surface area contributed by atoms with Crippen molar-refractivity contribution < 1.29 is 36.6 Å². The maximum atomic E-state index is 14.0. The number of nitrogens with one attached hydrogen (secondary N) is 1. The van der Waals surface area contributed by atoms with Gasteiger partial charge in [0.05, 0.1) is 17.9 Å². The Morgan fingerprint density at radius 2 is 2.00 bits per heavy atom. The van der Waals surface area contributed by atoms with Crippen LogP contribution >= 0.6 is 0 Å². The van der Waals surface area contributed by atoms with Crippen molar-refractivity contribution in [3.63, 3.8) is 0 Å². The zero-order chi connectivity index (χ0) is 23.8. The number of carbonyl (C=O) groups is 2. The Bertz CT molecular complexity index is 1070. The third kappa shape index (κ3) is 4.94. The molecule has 0 bridgehead atoms. The van der Waals surface area contributed by atoms with E-state index in [2.05, 4.69) is 15.0 Å². The molecule has 0 unspecified atom stereocenters. The third-order valence-corrected chi connectivity index (χ3v) is 5.78. The highest BCUT2D eigenvalue weighted by Crippen LogP contribution is 2.41. The molecule has 2 amide bonds. The van der Waals surface area contributed by atoms with Gasteiger partial charge in [-0.2, -0.15) is 4.39 Å². The Labute approximate surface area is 185 Å². The number of rotatable bonds is 4. The van der Waals surface area contributed by atoms with Crippen LogP contribution in [-0.4, -0.2) is 35.5 Å². The van der Waals surface area contributed by atoms with Crippen LogP contribution in [0.2, 0.25) is 0 Å². The fraction of sp³-hybridized carbons (Fsp3) is 0.381. The minimum atomic E-state index is -4.85. The van der Waals surface area contributed by atoms with Crippen LogP contribution in [0.4, 0.5) is 39.4 Å². The number of benzene rings is 1. The molecule has 8 nitrogen and oxygen atoms in total. The van der Waals surface area contributed by atoms with Crippen LogP contribution in [0.3, 0.4) is 0 Å². The summed E-state index contributed by atoms with van der Waals surface area (Å²) in [6.07, 6.45) is -2.65. The molecular formula is C21H20F4N4O4. The van der Waals surface area contributed by atoms with Crippen molar-refractivity contribution in [3.05, 3.63) is 42.5 Å². The first-order chi connectivity index (χ1) is 15.6. The summed E-state index contributed by atoms with van der Waals surface area (Å²) in [4.78, 5) is 29.8. The molecule has 1 aromatic carbocycles. The first kappa shape index (κ1) is 22.6. The zero-order valence-electron chi connectivity index (χ0n) is 17.2. The van der Waals surface area contributed by atoms with Crippen molar-refractivity contribution in [2.24, 2.45) is 5.92 Å². The maximum absolute atomic E-state index is 14.0. The van der Waals surface area contributed by atoms with Gasteiger partial charge in [0.25, 0.3) is 0 Å². The summed E-state index contributed by atoms with van der Waals surface area (Å²) in [7, 11) is 0. The number of aromatic nitrogens is 1. The molecule has 0 atom stereocenters. The minimum Gasteiger partial charge on any atom is -0.441 e. The Balaban J connectivity index is 1.36. The molecule has 12 heteroatoms. The number of pyridine rings is 1. The lowest BCUT2D eigenvalue weighted by atomic mass is 9.78. The van der Waals surface area contributed by atoms with E-state index >= 15 is 0 Å². The van der Waals surface area contributed by atoms with Crippen molar-refractivity contribution in [2.45, 2.75) is 37.6 Å². The Hall–Kier alpha value is -3.57. The van der Waals surface area contributed by atoms with Gasteiger partial charge in [0.1, 0.15) is 17.0 Å². The average molecular weight is 468 g/mol. The number of hydrogen-bond donors (Lipinski definition) is 2. The van der Waals surface area contributed by atoms with E-state index in [4.69, 9.17) is 10.5 Å². The molecule has 1 saturated carbocycles. The molecule has 1 aliphatic heterocycles. The van der Waals surface area contributed by atoms with Gasteiger partial charge >= 0.3 is 12.5 Å². The lowest BCUT2D eigenvalue weighted by Crippen LogP contribution is -2.41. The molecule has 1 saturated heterocycles. The number of amides is 2. The molecule has 3 N–H and O–H groups in total. The van der Waals surface area contributed by atoms with E-state index in [1.807, 2.05) is 0 Å². The molecule has 2 fully saturated rings. The van der Waals surface area contributed by atoms with Crippen LogP contribution in [0.5, 0.6) is 5.75 Å². The van der Waals surface area contributed by atoms with Crippen LogP contribution in [-0.2, 0) is 9.53 Å². The molecule has 1 spiro atoms. The highest BCUT2D eigenvalue weighted by Gasteiger charge is 2.49. The van der Waals surface area contributed by atoms with Crippen molar-refractivity contribution >= 4 is 29.1 Å². The van der Waals surface area contributed by atoms with E-state index in [1.165, 1.54) is 29.3 Å². The fourth-order valence-electron chi connectivity index (χ4n) is 4.14. The number of halogens is 4. The highest BCUT2D eigenvalue weighted by atomic mass is 19.4. The van der Waals surface area contributed by atoms with Crippen molar-refractivity contribution in [1.82, 2.24) is 4.98 Å². The lowest BCUT2D eigenvalue weighted by molar-refractivity contribution is -0.274. The predicted molar refractivity (Wildman–Crippen MR) is 109 cm³/mol. The summed E-state index contributed by atoms with van der Waals surface area (Å²) in [5.74, 6) is -2.02. The number of anilines is 3. The summed E-state index contributed by atoms with van der Waals surface area (Å²) in [6.45, 7) is 0.149. The summed E-state index contributed by atoms with van der Waals surface area (Å²) in [5, 5.41) is 2.62. The van der Waals surface area contributed by atoms with Gasteiger partial charge in [-0.3, -0.25) is 9.69 Å². The van der Waals surface area contributed by atoms with Crippen LogP contribution in [0.1, 0.15) is 25.7 Å². The van der Waals surface area contributed by atoms with E-state index in [0.717, 1.165) is 12.1 Å². The summed E-state index contributed by atoms with van der Waals surface area (Å²) >= 11 is 0.